The van der Waals surface area contributed by atoms with Crippen LogP contribution >= 0.6 is 0 Å². The van der Waals surface area contributed by atoms with Gasteiger partial charge in [-0.05, 0) is 12.8 Å². The zero-order valence-corrected chi connectivity index (χ0v) is 18.4. The van der Waals surface area contributed by atoms with Gasteiger partial charge in [0.2, 0.25) is 6.10 Å². The van der Waals surface area contributed by atoms with E-state index in [0.717, 1.165) is 12.8 Å². The van der Waals surface area contributed by atoms with Gasteiger partial charge in [-0.2, -0.15) is 0 Å². The van der Waals surface area contributed by atoms with Crippen LogP contribution in [0.25, 0.3) is 0 Å². The highest BCUT2D eigenvalue weighted by Gasteiger charge is 2.61. The molecule has 1 aromatic rings. The van der Waals surface area contributed by atoms with E-state index in [0.29, 0.717) is 17.6 Å². The van der Waals surface area contributed by atoms with Crippen LogP contribution in [0, 0.1) is 0 Å². The lowest BCUT2D eigenvalue weighted by molar-refractivity contribution is -0.174. The van der Waals surface area contributed by atoms with Crippen LogP contribution in [0.4, 0.5) is 5.82 Å². The van der Waals surface area contributed by atoms with E-state index in [9.17, 15) is 14.4 Å². The lowest BCUT2D eigenvalue weighted by atomic mass is 9.95. The number of ether oxygens (including phenoxy) is 4. The molecular formula is C21H27N5O7. The average Bonchev–Trinajstić information content (AvgIpc) is 3.43. The Bertz CT molecular complexity index is 972. The maximum Gasteiger partial charge on any atom is 0.350 e. The number of aromatic nitrogens is 2. The van der Waals surface area contributed by atoms with E-state index in [2.05, 4.69) is 20.6 Å². The second-order valence-electron chi connectivity index (χ2n) is 8.71. The number of hydrogen-bond donors (Lipinski definition) is 2. The normalized spacial score (nSPS) is 33.1. The second-order valence-corrected chi connectivity index (χ2v) is 8.71. The van der Waals surface area contributed by atoms with Gasteiger partial charge in [0.05, 0.1) is 12.7 Å². The zero-order chi connectivity index (χ0) is 23.1. The molecule has 1 aliphatic carbocycles. The molecule has 5 rings (SSSR count). The molecule has 2 N–H and O–H groups in total. The third-order valence-electron chi connectivity index (χ3n) is 6.38. The molecule has 0 bridgehead atoms. The van der Waals surface area contributed by atoms with Crippen molar-refractivity contribution in [3.8, 4) is 0 Å². The van der Waals surface area contributed by atoms with Gasteiger partial charge in [0, 0.05) is 19.9 Å². The number of rotatable bonds is 5. The molecule has 0 aromatic carbocycles. The van der Waals surface area contributed by atoms with Crippen molar-refractivity contribution in [2.24, 2.45) is 4.99 Å². The highest BCUT2D eigenvalue weighted by atomic mass is 16.7. The SMILES string of the molecule is CC(=O)O[C@@H]1[C@H]2OC(=O)[C@H](OC(C)=O)[C@@H]2O[C@@H]1n1cnc2c1NC=N[C@@H]2NC1CCCCC1. The van der Waals surface area contributed by atoms with Gasteiger partial charge in [-0.1, -0.05) is 19.3 Å². The summed E-state index contributed by atoms with van der Waals surface area (Å²) >= 11 is 0. The summed E-state index contributed by atoms with van der Waals surface area (Å²) in [6.07, 6.45) is 3.85. The predicted molar refractivity (Wildman–Crippen MR) is 112 cm³/mol. The fourth-order valence-corrected chi connectivity index (χ4v) is 4.99. The lowest BCUT2D eigenvalue weighted by Gasteiger charge is -2.29. The van der Waals surface area contributed by atoms with E-state index < -0.39 is 48.6 Å². The minimum absolute atomic E-state index is 0.315. The molecular weight excluding hydrogens is 434 g/mol. The van der Waals surface area contributed by atoms with Crippen LogP contribution in [0.2, 0.25) is 0 Å². The Hall–Kier alpha value is -2.99. The quantitative estimate of drug-likeness (QED) is 0.480. The highest BCUT2D eigenvalue weighted by molar-refractivity contribution is 5.82. The maximum atomic E-state index is 12.2. The Morgan fingerprint density at radius 1 is 1.15 bits per heavy atom. The minimum Gasteiger partial charge on any atom is -0.454 e. The van der Waals surface area contributed by atoms with E-state index in [1.54, 1.807) is 17.2 Å². The third kappa shape index (κ3) is 4.08. The summed E-state index contributed by atoms with van der Waals surface area (Å²) in [7, 11) is 0. The van der Waals surface area contributed by atoms with Crippen molar-refractivity contribution >= 4 is 30.1 Å². The van der Waals surface area contributed by atoms with Crippen LogP contribution in [0.5, 0.6) is 0 Å². The van der Waals surface area contributed by atoms with Gasteiger partial charge >= 0.3 is 17.9 Å². The summed E-state index contributed by atoms with van der Waals surface area (Å²) in [5.41, 5.74) is 0.693. The van der Waals surface area contributed by atoms with Crippen molar-refractivity contribution in [2.45, 2.75) is 88.8 Å². The molecule has 6 atom stereocenters. The van der Waals surface area contributed by atoms with Gasteiger partial charge in [-0.3, -0.25) is 19.5 Å². The largest absolute Gasteiger partial charge is 0.454 e. The molecule has 0 radical (unpaired) electrons. The molecule has 0 amide bonds. The molecule has 1 saturated carbocycles. The van der Waals surface area contributed by atoms with Gasteiger partial charge in [0.25, 0.3) is 0 Å². The first-order valence-corrected chi connectivity index (χ1v) is 11.2. The molecule has 1 aromatic heterocycles. The topological polar surface area (TPSA) is 142 Å². The van der Waals surface area contributed by atoms with Crippen LogP contribution in [0.3, 0.4) is 0 Å². The summed E-state index contributed by atoms with van der Waals surface area (Å²) in [5.74, 6) is -1.29. The summed E-state index contributed by atoms with van der Waals surface area (Å²) in [4.78, 5) is 44.6. The van der Waals surface area contributed by atoms with Crippen LogP contribution in [-0.2, 0) is 33.3 Å². The average molecular weight is 461 g/mol. The van der Waals surface area contributed by atoms with Crippen molar-refractivity contribution in [1.82, 2.24) is 14.9 Å². The van der Waals surface area contributed by atoms with Crippen molar-refractivity contribution in [2.75, 3.05) is 5.32 Å². The Morgan fingerprint density at radius 2 is 1.91 bits per heavy atom. The predicted octanol–water partition coefficient (Wildman–Crippen LogP) is 0.944. The van der Waals surface area contributed by atoms with Crippen molar-refractivity contribution < 1.29 is 33.3 Å². The zero-order valence-electron chi connectivity index (χ0n) is 18.4. The number of nitrogens with one attached hydrogen (secondary N) is 2. The first-order valence-electron chi connectivity index (χ1n) is 11.2. The minimum atomic E-state index is -1.23. The van der Waals surface area contributed by atoms with Gasteiger partial charge in [-0.25, -0.2) is 14.8 Å². The Kier molecular flexibility index (Phi) is 5.79. The van der Waals surface area contributed by atoms with E-state index >= 15 is 0 Å². The van der Waals surface area contributed by atoms with Crippen LogP contribution in [-0.4, -0.2) is 64.3 Å². The van der Waals surface area contributed by atoms with E-state index in [1.807, 2.05) is 0 Å². The molecule has 3 aliphatic heterocycles. The molecule has 12 heteroatoms. The lowest BCUT2D eigenvalue weighted by Crippen LogP contribution is -2.37. The van der Waals surface area contributed by atoms with Gasteiger partial charge < -0.3 is 24.3 Å². The molecule has 178 valence electrons. The molecule has 33 heavy (non-hydrogen) atoms. The number of carbonyl (C=O) groups excluding carboxylic acids is 3. The number of hydrogen-bond acceptors (Lipinski definition) is 11. The van der Waals surface area contributed by atoms with E-state index in [-0.39, 0.29) is 6.17 Å². The van der Waals surface area contributed by atoms with Gasteiger partial charge in [0.15, 0.2) is 18.4 Å². The summed E-state index contributed by atoms with van der Waals surface area (Å²) in [5, 5.41) is 6.67. The molecule has 0 spiro atoms. The number of carbonyl (C=O) groups is 3. The number of imidazole rings is 1. The Morgan fingerprint density at radius 3 is 2.64 bits per heavy atom. The van der Waals surface area contributed by atoms with E-state index in [4.69, 9.17) is 18.9 Å². The monoisotopic (exact) mass is 461 g/mol. The number of nitrogens with zero attached hydrogens (tertiary/aromatic N) is 3. The molecule has 4 heterocycles. The summed E-state index contributed by atoms with van der Waals surface area (Å²) in [6.45, 7) is 2.47. The fourth-order valence-electron chi connectivity index (χ4n) is 4.99. The maximum absolute atomic E-state index is 12.2. The number of anilines is 1. The Balaban J connectivity index is 1.41. The van der Waals surface area contributed by atoms with Gasteiger partial charge in [0.1, 0.15) is 23.8 Å². The molecule has 3 fully saturated rings. The number of aliphatic imine (C=N–C) groups is 1. The molecule has 12 nitrogen and oxygen atoms in total. The van der Waals surface area contributed by atoms with Gasteiger partial charge in [-0.15, -0.1) is 0 Å². The number of esters is 3. The van der Waals surface area contributed by atoms with Crippen LogP contribution in [0.1, 0.15) is 64.0 Å². The van der Waals surface area contributed by atoms with Crippen molar-refractivity contribution in [1.29, 1.82) is 0 Å². The molecule has 0 unspecified atom stereocenters. The Labute approximate surface area is 190 Å². The first-order chi connectivity index (χ1) is 15.9. The molecule has 2 saturated heterocycles. The summed E-state index contributed by atoms with van der Waals surface area (Å²) < 4.78 is 23.8. The summed E-state index contributed by atoms with van der Waals surface area (Å²) in [6, 6.07) is 0.372. The van der Waals surface area contributed by atoms with Crippen LogP contribution < -0.4 is 10.6 Å². The smallest absolute Gasteiger partial charge is 0.350 e. The van der Waals surface area contributed by atoms with Crippen molar-refractivity contribution in [3.05, 3.63) is 12.0 Å². The number of fused-ring (bicyclic) bond motifs is 2. The third-order valence-corrected chi connectivity index (χ3v) is 6.38. The molecule has 4 aliphatic rings. The first kappa shape index (κ1) is 21.8. The van der Waals surface area contributed by atoms with Crippen LogP contribution in [0.15, 0.2) is 11.3 Å². The second kappa shape index (κ2) is 8.75. The van der Waals surface area contributed by atoms with E-state index in [1.165, 1.54) is 33.1 Å². The highest BCUT2D eigenvalue weighted by Crippen LogP contribution is 2.42. The standard InChI is InChI=1S/C21H27N5O7/c1-10(27)30-16-14-15(17(21(29)33-14)31-11(2)28)32-20(16)26-9-24-13-18(22-8-23-19(13)26)25-12-6-4-3-5-7-12/h8-9,12,14-18,20,25H,3-7H2,1-2H3,(H,22,23)/t14-,15+,16+,17+,18+,20-/m0/s1. The fraction of sp³-hybridized carbons (Fsp3) is 0.667. The van der Waals surface area contributed by atoms with Crippen molar-refractivity contribution in [3.63, 3.8) is 0 Å².